The van der Waals surface area contributed by atoms with Crippen LogP contribution in [0.4, 0.5) is 0 Å². The summed E-state index contributed by atoms with van der Waals surface area (Å²) in [7, 11) is -3.53. The first-order chi connectivity index (χ1) is 10.8. The molecule has 0 radical (unpaired) electrons. The van der Waals surface area contributed by atoms with Crippen LogP contribution < -0.4 is 0 Å². The van der Waals surface area contributed by atoms with E-state index in [1.807, 2.05) is 13.8 Å². The van der Waals surface area contributed by atoms with Crippen LogP contribution in [-0.2, 0) is 19.6 Å². The highest BCUT2D eigenvalue weighted by atomic mass is 35.5. The van der Waals surface area contributed by atoms with Gasteiger partial charge in [0.25, 0.3) is 0 Å². The lowest BCUT2D eigenvalue weighted by atomic mass is 9.98. The van der Waals surface area contributed by atoms with E-state index in [1.54, 1.807) is 12.1 Å². The molecular weight excluding hydrogens is 338 g/mol. The number of benzene rings is 1. The van der Waals surface area contributed by atoms with Gasteiger partial charge in [-0.1, -0.05) is 25.4 Å². The summed E-state index contributed by atoms with van der Waals surface area (Å²) < 4.78 is 31.8. The number of sulfonamides is 1. The van der Waals surface area contributed by atoms with E-state index in [2.05, 4.69) is 0 Å². The average molecular weight is 360 g/mol. The summed E-state index contributed by atoms with van der Waals surface area (Å²) in [4.78, 5) is 12.2. The van der Waals surface area contributed by atoms with Crippen LogP contribution in [-0.4, -0.2) is 38.4 Å². The number of carbonyl (C=O) groups is 1. The van der Waals surface area contributed by atoms with Gasteiger partial charge < -0.3 is 4.74 Å². The van der Waals surface area contributed by atoms with Gasteiger partial charge in [-0.2, -0.15) is 4.31 Å². The first kappa shape index (κ1) is 18.2. The normalized spacial score (nSPS) is 17.4. The predicted octanol–water partition coefficient (Wildman–Crippen LogP) is 2.94. The zero-order valence-electron chi connectivity index (χ0n) is 13.4. The van der Waals surface area contributed by atoms with Crippen molar-refractivity contribution in [1.29, 1.82) is 0 Å². The second-order valence-corrected chi connectivity index (χ2v) is 8.53. The summed E-state index contributed by atoms with van der Waals surface area (Å²) >= 11 is 5.79. The summed E-state index contributed by atoms with van der Waals surface area (Å²) in [5.74, 6) is -0.142. The lowest BCUT2D eigenvalue weighted by Gasteiger charge is -2.30. The number of piperidine rings is 1. The van der Waals surface area contributed by atoms with Crippen LogP contribution in [0.3, 0.4) is 0 Å². The Balaban J connectivity index is 1.95. The smallest absolute Gasteiger partial charge is 0.309 e. The molecule has 2 rings (SSSR count). The van der Waals surface area contributed by atoms with Gasteiger partial charge >= 0.3 is 5.97 Å². The number of rotatable bonds is 5. The van der Waals surface area contributed by atoms with E-state index in [-0.39, 0.29) is 16.8 Å². The van der Waals surface area contributed by atoms with Gasteiger partial charge in [0.05, 0.1) is 17.4 Å². The maximum Gasteiger partial charge on any atom is 0.309 e. The zero-order chi connectivity index (χ0) is 17.0. The van der Waals surface area contributed by atoms with Crippen LogP contribution in [0.15, 0.2) is 29.2 Å². The van der Waals surface area contributed by atoms with Crippen LogP contribution in [0.25, 0.3) is 0 Å². The maximum absolute atomic E-state index is 12.6. The van der Waals surface area contributed by atoms with Gasteiger partial charge in [-0.25, -0.2) is 8.42 Å². The minimum atomic E-state index is -3.53. The Labute approximate surface area is 142 Å². The molecule has 0 spiro atoms. The van der Waals surface area contributed by atoms with Gasteiger partial charge in [0.15, 0.2) is 0 Å². The van der Waals surface area contributed by atoms with Crippen LogP contribution in [0, 0.1) is 11.8 Å². The Hall–Kier alpha value is -1.11. The molecule has 23 heavy (non-hydrogen) atoms. The monoisotopic (exact) mass is 359 g/mol. The lowest BCUT2D eigenvalue weighted by molar-refractivity contribution is -0.150. The molecule has 0 aliphatic carbocycles. The molecule has 1 aliphatic heterocycles. The molecule has 0 atom stereocenters. The molecule has 0 N–H and O–H groups in total. The Bertz CT molecular complexity index is 635. The van der Waals surface area contributed by atoms with E-state index in [4.69, 9.17) is 16.3 Å². The quantitative estimate of drug-likeness (QED) is 0.758. The second kappa shape index (κ2) is 7.64. The predicted molar refractivity (Wildman–Crippen MR) is 88.7 cm³/mol. The van der Waals surface area contributed by atoms with E-state index in [0.29, 0.717) is 43.5 Å². The largest absolute Gasteiger partial charge is 0.465 e. The molecule has 7 heteroatoms. The Morgan fingerprint density at radius 2 is 1.83 bits per heavy atom. The first-order valence-electron chi connectivity index (χ1n) is 7.73. The second-order valence-electron chi connectivity index (χ2n) is 6.16. The van der Waals surface area contributed by atoms with Crippen molar-refractivity contribution < 1.29 is 17.9 Å². The zero-order valence-corrected chi connectivity index (χ0v) is 14.9. The number of esters is 1. The van der Waals surface area contributed by atoms with Crippen molar-refractivity contribution in [3.05, 3.63) is 29.3 Å². The average Bonchev–Trinajstić information content (AvgIpc) is 2.53. The molecule has 1 heterocycles. The van der Waals surface area contributed by atoms with Gasteiger partial charge in [-0.05, 0) is 43.0 Å². The Kier molecular flexibility index (Phi) is 6.06. The van der Waals surface area contributed by atoms with Gasteiger partial charge in [0, 0.05) is 18.1 Å². The van der Waals surface area contributed by atoms with Crippen molar-refractivity contribution >= 4 is 27.6 Å². The molecule has 1 saturated heterocycles. The fourth-order valence-corrected chi connectivity index (χ4v) is 4.05. The highest BCUT2D eigenvalue weighted by Gasteiger charge is 2.32. The number of hydrogen-bond donors (Lipinski definition) is 0. The summed E-state index contributed by atoms with van der Waals surface area (Å²) in [6.45, 7) is 5.02. The Morgan fingerprint density at radius 3 is 2.35 bits per heavy atom. The van der Waals surface area contributed by atoms with E-state index < -0.39 is 10.0 Å². The van der Waals surface area contributed by atoms with Crippen LogP contribution >= 0.6 is 11.6 Å². The van der Waals surface area contributed by atoms with Crippen molar-refractivity contribution in [3.63, 3.8) is 0 Å². The Morgan fingerprint density at radius 1 is 1.26 bits per heavy atom. The molecule has 0 amide bonds. The topological polar surface area (TPSA) is 63.7 Å². The molecule has 128 valence electrons. The third-order valence-corrected chi connectivity index (χ3v) is 5.96. The van der Waals surface area contributed by atoms with E-state index in [9.17, 15) is 13.2 Å². The van der Waals surface area contributed by atoms with Gasteiger partial charge in [0.2, 0.25) is 10.0 Å². The molecule has 5 nitrogen and oxygen atoms in total. The van der Waals surface area contributed by atoms with Crippen LogP contribution in [0.5, 0.6) is 0 Å². The van der Waals surface area contributed by atoms with Crippen molar-refractivity contribution in [1.82, 2.24) is 4.31 Å². The van der Waals surface area contributed by atoms with Gasteiger partial charge in [-0.15, -0.1) is 0 Å². The van der Waals surface area contributed by atoms with E-state index in [0.717, 1.165) is 0 Å². The minimum Gasteiger partial charge on any atom is -0.465 e. The third kappa shape index (κ3) is 4.68. The number of carbonyl (C=O) groups excluding carboxylic acids is 1. The van der Waals surface area contributed by atoms with Crippen molar-refractivity contribution in [3.8, 4) is 0 Å². The van der Waals surface area contributed by atoms with Crippen LogP contribution in [0.1, 0.15) is 26.7 Å². The van der Waals surface area contributed by atoms with Gasteiger partial charge in [-0.3, -0.25) is 4.79 Å². The number of nitrogens with zero attached hydrogens (tertiary/aromatic N) is 1. The fourth-order valence-electron chi connectivity index (χ4n) is 2.45. The molecule has 1 aromatic rings. The molecule has 0 aromatic heterocycles. The summed E-state index contributed by atoms with van der Waals surface area (Å²) in [6.07, 6.45) is 0.980. The number of ether oxygens (including phenoxy) is 1. The van der Waals surface area contributed by atoms with Crippen molar-refractivity contribution in [2.45, 2.75) is 31.6 Å². The molecule has 1 aliphatic rings. The number of halogens is 1. The summed E-state index contributed by atoms with van der Waals surface area (Å²) in [5, 5.41) is 0.496. The SMILES string of the molecule is CC(C)COC(=O)C1CCN(S(=O)(=O)c2ccc(Cl)cc2)CC1. The first-order valence-corrected chi connectivity index (χ1v) is 9.55. The minimum absolute atomic E-state index is 0.217. The highest BCUT2D eigenvalue weighted by Crippen LogP contribution is 2.25. The highest BCUT2D eigenvalue weighted by molar-refractivity contribution is 7.89. The summed E-state index contributed by atoms with van der Waals surface area (Å²) in [5.41, 5.74) is 0. The standard InChI is InChI=1S/C16H22ClNO4S/c1-12(2)11-22-16(19)13-7-9-18(10-8-13)23(20,21)15-5-3-14(17)4-6-15/h3-6,12-13H,7-11H2,1-2H3. The van der Waals surface area contributed by atoms with Crippen molar-refractivity contribution in [2.75, 3.05) is 19.7 Å². The van der Waals surface area contributed by atoms with Gasteiger partial charge in [0.1, 0.15) is 0 Å². The maximum atomic E-state index is 12.6. The number of hydrogen-bond acceptors (Lipinski definition) is 4. The third-order valence-electron chi connectivity index (χ3n) is 3.80. The van der Waals surface area contributed by atoms with Crippen LogP contribution in [0.2, 0.25) is 5.02 Å². The lowest BCUT2D eigenvalue weighted by Crippen LogP contribution is -2.40. The molecule has 0 bridgehead atoms. The molecule has 1 fully saturated rings. The molecular formula is C16H22ClNO4S. The van der Waals surface area contributed by atoms with Crippen molar-refractivity contribution in [2.24, 2.45) is 11.8 Å². The van der Waals surface area contributed by atoms with E-state index >= 15 is 0 Å². The molecule has 0 saturated carbocycles. The van der Waals surface area contributed by atoms with E-state index in [1.165, 1.54) is 16.4 Å². The fraction of sp³-hybridized carbons (Fsp3) is 0.562. The summed E-state index contributed by atoms with van der Waals surface area (Å²) in [6, 6.07) is 6.12. The molecule has 1 aromatic carbocycles. The molecule has 0 unspecified atom stereocenters.